The zero-order valence-electron chi connectivity index (χ0n) is 15.4. The fourth-order valence-corrected chi connectivity index (χ4v) is 6.50. The van der Waals surface area contributed by atoms with Gasteiger partial charge in [-0.15, -0.1) is 0 Å². The molecule has 2 unspecified atom stereocenters. The molecule has 1 saturated heterocycles. The van der Waals surface area contributed by atoms with Crippen LogP contribution in [0, 0.1) is 11.7 Å². The van der Waals surface area contributed by atoms with Crippen LogP contribution in [0.4, 0.5) is 10.1 Å². The lowest BCUT2D eigenvalue weighted by molar-refractivity contribution is -0.137. The van der Waals surface area contributed by atoms with Gasteiger partial charge in [0.2, 0.25) is 0 Å². The lowest BCUT2D eigenvalue weighted by Gasteiger charge is -2.28. The van der Waals surface area contributed by atoms with Crippen LogP contribution in [0.25, 0.3) is 4.91 Å². The predicted molar refractivity (Wildman–Crippen MR) is 116 cm³/mol. The van der Waals surface area contributed by atoms with E-state index in [1.54, 1.807) is 12.1 Å². The fourth-order valence-electron chi connectivity index (χ4n) is 4.37. The van der Waals surface area contributed by atoms with E-state index in [2.05, 4.69) is 15.9 Å². The van der Waals surface area contributed by atoms with Gasteiger partial charge in [0.25, 0.3) is 0 Å². The van der Waals surface area contributed by atoms with Crippen LogP contribution in [0.1, 0.15) is 25.3 Å². The van der Waals surface area contributed by atoms with Gasteiger partial charge in [-0.1, -0.05) is 23.4 Å². The molecule has 2 atom stereocenters. The van der Waals surface area contributed by atoms with Crippen LogP contribution in [0.3, 0.4) is 0 Å². The number of halogens is 3. The Bertz CT molecular complexity index is 1070. The highest BCUT2D eigenvalue weighted by Crippen LogP contribution is 2.59. The van der Waals surface area contributed by atoms with Gasteiger partial charge < -0.3 is 5.11 Å². The third-order valence-corrected chi connectivity index (χ3v) is 7.48. The molecule has 2 aromatic carbocycles. The molecule has 2 aliphatic rings. The first-order chi connectivity index (χ1) is 13.8. The number of amides is 1. The number of carbonyl (C=O) groups excluding carboxylic acids is 1. The van der Waals surface area contributed by atoms with Crippen molar-refractivity contribution in [3.63, 3.8) is 0 Å². The molecule has 2 aromatic rings. The Balaban J connectivity index is 1.98. The molecule has 2 heterocycles. The van der Waals surface area contributed by atoms with E-state index in [1.807, 2.05) is 19.1 Å². The first kappa shape index (κ1) is 20.6. The number of hydrogen-bond acceptors (Lipinski definition) is 3. The van der Waals surface area contributed by atoms with Crippen LogP contribution in [0.5, 0.6) is 0 Å². The average Bonchev–Trinajstić information content (AvgIpc) is 3.08. The lowest BCUT2D eigenvalue weighted by Crippen LogP contribution is -2.47. The summed E-state index contributed by atoms with van der Waals surface area (Å²) in [4.78, 5) is 26.4. The summed E-state index contributed by atoms with van der Waals surface area (Å²) in [7, 11) is 0. The molecule has 0 radical (unpaired) electrons. The van der Waals surface area contributed by atoms with Crippen molar-refractivity contribution in [3.05, 3.63) is 63.0 Å². The fraction of sp³-hybridized carbons (Fsp3) is 0.238. The Morgan fingerprint density at radius 2 is 2.03 bits per heavy atom. The summed E-state index contributed by atoms with van der Waals surface area (Å²) >= 11 is 10.9. The number of hydrogen-bond donors (Lipinski definition) is 1. The minimum atomic E-state index is -0.955. The Morgan fingerprint density at radius 3 is 2.66 bits per heavy atom. The highest BCUT2D eigenvalue weighted by molar-refractivity contribution is 9.10. The van der Waals surface area contributed by atoms with Crippen LogP contribution in [0.15, 0.2) is 51.5 Å². The summed E-state index contributed by atoms with van der Waals surface area (Å²) in [5.41, 5.74) is 2.08. The van der Waals surface area contributed by atoms with Crippen LogP contribution in [-0.2, 0) is 9.59 Å². The molecule has 0 saturated carbocycles. The van der Waals surface area contributed by atoms with Gasteiger partial charge >= 0.3 is 11.9 Å². The zero-order chi connectivity index (χ0) is 20.9. The minimum absolute atomic E-state index is 0.0980. The number of rotatable bonds is 5. The second-order valence-corrected chi connectivity index (χ2v) is 9.45. The number of allylic oxidation sites excluding steroid dienone is 1. The molecule has 0 spiro atoms. The number of aliphatic carboxylic acids is 1. The molecule has 29 heavy (non-hydrogen) atoms. The number of quaternary nitrogens is 1. The van der Waals surface area contributed by atoms with Gasteiger partial charge in [0.15, 0.2) is 5.69 Å². The van der Waals surface area contributed by atoms with E-state index < -0.39 is 17.7 Å². The normalized spacial score (nSPS) is 22.8. The molecule has 1 fully saturated rings. The summed E-state index contributed by atoms with van der Waals surface area (Å²) < 4.78 is 14.8. The highest BCUT2D eigenvalue weighted by atomic mass is 79.9. The minimum Gasteiger partial charge on any atom is -0.481 e. The third-order valence-electron chi connectivity index (χ3n) is 5.48. The number of nitrogens with zero attached hydrogens (tertiary/aromatic N) is 1. The molecular weight excluding hydrogens is 481 g/mol. The quantitative estimate of drug-likeness (QED) is 0.510. The van der Waals surface area contributed by atoms with Crippen molar-refractivity contribution in [3.8, 4) is 0 Å². The number of carboxylic acid groups (broad SMARTS) is 1. The monoisotopic (exact) mass is 496 g/mol. The molecular formula is C21H17BrClFNO3S+. The molecule has 4 rings (SSSR count). The predicted octanol–water partition coefficient (Wildman–Crippen LogP) is 6.06. The van der Waals surface area contributed by atoms with Gasteiger partial charge in [-0.05, 0) is 53.2 Å². The van der Waals surface area contributed by atoms with E-state index in [-0.39, 0.29) is 23.2 Å². The maximum atomic E-state index is 14.3. The SMILES string of the molecule is CC[N+]12C(=O)CC(CC(=O)O)C1=C(Sc1ccc(Cl)cc1)c1c(Br)cc(F)cc12. The maximum Gasteiger partial charge on any atom is 0.324 e. The van der Waals surface area contributed by atoms with Crippen molar-refractivity contribution in [2.45, 2.75) is 24.7 Å². The van der Waals surface area contributed by atoms with Gasteiger partial charge in [-0.2, -0.15) is 4.48 Å². The number of carboxylic acids is 1. The Hall–Kier alpha value is -1.67. The summed E-state index contributed by atoms with van der Waals surface area (Å²) in [5.74, 6) is -1.92. The molecule has 1 amide bonds. The third kappa shape index (κ3) is 3.24. The Labute approximate surface area is 185 Å². The van der Waals surface area contributed by atoms with E-state index >= 15 is 0 Å². The van der Waals surface area contributed by atoms with Crippen molar-refractivity contribution in [1.29, 1.82) is 0 Å². The molecule has 0 aliphatic carbocycles. The zero-order valence-corrected chi connectivity index (χ0v) is 18.6. The van der Waals surface area contributed by atoms with Crippen LogP contribution < -0.4 is 4.48 Å². The number of thioether (sulfide) groups is 1. The van der Waals surface area contributed by atoms with Gasteiger partial charge in [-0.25, -0.2) is 9.18 Å². The van der Waals surface area contributed by atoms with Crippen molar-refractivity contribution < 1.29 is 19.1 Å². The van der Waals surface area contributed by atoms with E-state index in [0.717, 1.165) is 21.1 Å². The second kappa shape index (κ2) is 7.54. The topological polar surface area (TPSA) is 54.4 Å². The van der Waals surface area contributed by atoms with Crippen LogP contribution >= 0.6 is 39.3 Å². The number of fused-ring (bicyclic) bond motifs is 3. The molecule has 1 N–H and O–H groups in total. The molecule has 4 nitrogen and oxygen atoms in total. The Kier molecular flexibility index (Phi) is 5.36. The van der Waals surface area contributed by atoms with Gasteiger partial charge in [0.1, 0.15) is 11.5 Å². The van der Waals surface area contributed by atoms with Crippen molar-refractivity contribution in [1.82, 2.24) is 4.48 Å². The van der Waals surface area contributed by atoms with Gasteiger partial charge in [-0.3, -0.25) is 4.79 Å². The highest BCUT2D eigenvalue weighted by Gasteiger charge is 2.60. The van der Waals surface area contributed by atoms with Crippen molar-refractivity contribution in [2.75, 3.05) is 6.54 Å². The molecule has 2 aliphatic heterocycles. The summed E-state index contributed by atoms with van der Waals surface area (Å²) in [5, 5.41) is 10.0. The van der Waals surface area contributed by atoms with E-state index in [9.17, 15) is 19.1 Å². The first-order valence-electron chi connectivity index (χ1n) is 9.09. The summed E-state index contributed by atoms with van der Waals surface area (Å²) in [6, 6.07) is 10.1. The van der Waals surface area contributed by atoms with E-state index in [1.165, 1.54) is 23.9 Å². The Morgan fingerprint density at radius 1 is 1.34 bits per heavy atom. The molecule has 150 valence electrons. The van der Waals surface area contributed by atoms with E-state index in [0.29, 0.717) is 21.7 Å². The summed E-state index contributed by atoms with van der Waals surface area (Å²) in [6.45, 7) is 2.28. The molecule has 8 heteroatoms. The second-order valence-electron chi connectivity index (χ2n) is 7.07. The van der Waals surface area contributed by atoms with E-state index in [4.69, 9.17) is 11.6 Å². The smallest absolute Gasteiger partial charge is 0.324 e. The average molecular weight is 498 g/mol. The van der Waals surface area contributed by atoms with Crippen LogP contribution in [0.2, 0.25) is 5.02 Å². The standard InChI is InChI=1S/C21H16BrClFNO3S/c1-2-25-16-10-13(24)9-15(22)19(16)21(29-14-5-3-12(23)4-6-14)20(25)11(7-17(25)26)8-18(27)28/h3-6,9-11H,2,7-8H2,1H3/p+1. The number of carbonyl (C=O) groups is 2. The lowest BCUT2D eigenvalue weighted by atomic mass is 10.00. The van der Waals surface area contributed by atoms with Crippen molar-refractivity contribution >= 4 is 61.8 Å². The van der Waals surface area contributed by atoms with Crippen LogP contribution in [-0.4, -0.2) is 23.5 Å². The van der Waals surface area contributed by atoms with Gasteiger partial charge in [0.05, 0.1) is 35.8 Å². The number of benzene rings is 2. The maximum absolute atomic E-state index is 14.3. The molecule has 0 aromatic heterocycles. The largest absolute Gasteiger partial charge is 0.481 e. The van der Waals surface area contributed by atoms with Gasteiger partial charge in [0, 0.05) is 20.5 Å². The summed E-state index contributed by atoms with van der Waals surface area (Å²) in [6.07, 6.45) is -0.00638. The van der Waals surface area contributed by atoms with Crippen molar-refractivity contribution in [2.24, 2.45) is 5.92 Å². The first-order valence-corrected chi connectivity index (χ1v) is 11.1. The molecule has 0 bridgehead atoms.